The fraction of sp³-hybridized carbons (Fsp3) is 0.222. The number of H-pyrrole nitrogens is 1. The number of alkyl halides is 1. The minimum atomic E-state index is -0.218. The van der Waals surface area contributed by atoms with E-state index in [1.165, 1.54) is 6.20 Å². The van der Waals surface area contributed by atoms with E-state index in [1.807, 2.05) is 22.8 Å². The topological polar surface area (TPSA) is 157 Å². The van der Waals surface area contributed by atoms with Crippen LogP contribution in [0.3, 0.4) is 0 Å². The van der Waals surface area contributed by atoms with Crippen LogP contribution in [-0.2, 0) is 19.2 Å². The van der Waals surface area contributed by atoms with Crippen LogP contribution in [0.1, 0.15) is 28.2 Å². The number of halogens is 1. The minimum Gasteiger partial charge on any atom is -1.00 e. The van der Waals surface area contributed by atoms with Gasteiger partial charge in [-0.3, -0.25) is 24.0 Å². The first-order chi connectivity index (χ1) is 18.9. The number of aromatic amines is 1. The molecule has 0 radical (unpaired) electrons. The number of aromatic nitrogens is 2. The average Bonchev–Trinajstić information content (AvgIpc) is 2.93. The van der Waals surface area contributed by atoms with Gasteiger partial charge >= 0.3 is 103 Å². The summed E-state index contributed by atoms with van der Waals surface area (Å²) >= 11 is 2.37. The molecule has 0 aliphatic carbocycles. The molecule has 2 saturated heterocycles. The van der Waals surface area contributed by atoms with Gasteiger partial charge in [-0.15, -0.1) is 0 Å². The fourth-order valence-corrected chi connectivity index (χ4v) is 4.08. The van der Waals surface area contributed by atoms with Gasteiger partial charge in [0.1, 0.15) is 0 Å². The predicted octanol–water partition coefficient (Wildman–Crippen LogP) is -3.90. The molecular weight excluding hydrogens is 701 g/mol. The molecule has 1 N–H and O–H groups in total. The van der Waals surface area contributed by atoms with Gasteiger partial charge in [-0.05, 0) is 24.3 Å². The molecule has 0 unspecified atom stereocenters. The molecule has 0 bridgehead atoms. The number of fused-ring (bicyclic) bond motifs is 2. The van der Waals surface area contributed by atoms with Crippen LogP contribution in [0.4, 0.5) is 0 Å². The predicted molar refractivity (Wildman–Crippen MR) is 150 cm³/mol. The first-order valence-electron chi connectivity index (χ1n) is 11.6. The summed E-state index contributed by atoms with van der Waals surface area (Å²) in [5.41, 5.74) is 1.56. The molecule has 2 aliphatic rings. The van der Waals surface area contributed by atoms with Gasteiger partial charge in [-0.1, -0.05) is 46.9 Å². The average molecular weight is 727 g/mol. The number of hydrogen-bond donors (Lipinski definition) is 1. The van der Waals surface area contributed by atoms with Crippen LogP contribution in [0.25, 0.3) is 21.8 Å². The molecule has 2 aliphatic heterocycles. The number of carbonyl (C=O) groups is 3. The summed E-state index contributed by atoms with van der Waals surface area (Å²) in [6.45, 7) is 3.03. The van der Waals surface area contributed by atoms with Crippen LogP contribution in [0.15, 0.2) is 70.5 Å². The van der Waals surface area contributed by atoms with Crippen molar-refractivity contribution in [2.75, 3.05) is 26.4 Å². The fourth-order valence-electron chi connectivity index (χ4n) is 3.57. The Kier molecular flexibility index (Phi) is 19.3. The molecule has 0 atom stereocenters. The zero-order valence-electron chi connectivity index (χ0n) is 23.5. The van der Waals surface area contributed by atoms with E-state index in [-0.39, 0.29) is 139 Å². The third-order valence-electron chi connectivity index (χ3n) is 5.69. The number of pyridine rings is 2. The summed E-state index contributed by atoms with van der Waals surface area (Å²) in [4.78, 5) is 59.0. The number of nitrogens with zero attached hydrogens (tertiary/aromatic N) is 1. The van der Waals surface area contributed by atoms with Crippen molar-refractivity contribution in [2.45, 2.75) is 9.97 Å². The van der Waals surface area contributed by atoms with Crippen molar-refractivity contribution in [1.82, 2.24) is 9.55 Å². The van der Waals surface area contributed by atoms with Crippen molar-refractivity contribution in [3.05, 3.63) is 92.5 Å². The Hall–Kier alpha value is -0.447. The molecule has 4 heterocycles. The van der Waals surface area contributed by atoms with Gasteiger partial charge in [-0.25, -0.2) is 0 Å². The number of aldehydes is 2. The Morgan fingerprint density at radius 2 is 1.39 bits per heavy atom. The number of para-hydroxylation sites is 2. The molecule has 4 aromatic rings. The SMILES string of the molecule is IC1COC1.O=CO[O-].O=Cc1c[nH]c2ccccc2c1=O.O=Cc1cn(C2COC2)c2ccccc2c1=O.[H-].[K+].[K+]. The second-order valence-corrected chi connectivity index (χ2v) is 9.97. The number of carbonyl (C=O) groups excluding carboxylic acids is 3. The standard InChI is InChI=1S/C13H11NO3.C10H7NO2.C3H5IO.CH2O3.2K.H/c15-6-9-5-14(10-7-17-8-10)12-4-2-1-3-11(12)13(9)16;12-6-7-5-11-9-4-2-1-3-8(9)10(7)13;4-3-1-5-2-3;2-1-4-3;;;/h1-6,10H,7-8H2;1-6H,(H,11,13);3H,1-2H2;1,3H;;;/q;;;;2*+1;-1/p-1. The van der Waals surface area contributed by atoms with Gasteiger partial charge in [0.2, 0.25) is 0 Å². The van der Waals surface area contributed by atoms with E-state index in [0.717, 1.165) is 28.2 Å². The van der Waals surface area contributed by atoms with Gasteiger partial charge in [-0.2, -0.15) is 0 Å². The molecule has 0 spiro atoms. The molecule has 11 nitrogen and oxygen atoms in total. The maximum absolute atomic E-state index is 12.0. The number of benzene rings is 2. The number of hydrogen-bond acceptors (Lipinski definition) is 9. The van der Waals surface area contributed by atoms with Crippen molar-refractivity contribution in [1.29, 1.82) is 0 Å². The zero-order valence-corrected chi connectivity index (χ0v) is 30.9. The second-order valence-electron chi connectivity index (χ2n) is 8.21. The summed E-state index contributed by atoms with van der Waals surface area (Å²) in [6, 6.07) is 14.7. The van der Waals surface area contributed by atoms with Gasteiger partial charge < -0.3 is 30.6 Å². The Labute approximate surface area is 334 Å². The van der Waals surface area contributed by atoms with Crippen LogP contribution in [0, 0.1) is 0 Å². The monoisotopic (exact) mass is 726 g/mol. The third kappa shape index (κ3) is 10.9. The summed E-state index contributed by atoms with van der Waals surface area (Å²) < 4.78 is 12.8. The molecular formula is C27H25IK2N2O9. The van der Waals surface area contributed by atoms with E-state index in [2.05, 4.69) is 32.5 Å². The van der Waals surface area contributed by atoms with Crippen molar-refractivity contribution < 1.29 is 138 Å². The van der Waals surface area contributed by atoms with E-state index in [4.69, 9.17) is 19.5 Å². The van der Waals surface area contributed by atoms with Crippen molar-refractivity contribution in [3.63, 3.8) is 0 Å². The number of rotatable bonds is 4. The van der Waals surface area contributed by atoms with Crippen LogP contribution >= 0.6 is 22.6 Å². The molecule has 6 rings (SSSR count). The van der Waals surface area contributed by atoms with Gasteiger partial charge in [0.25, 0.3) is 6.47 Å². The molecule has 2 aromatic carbocycles. The first kappa shape index (κ1) is 38.6. The van der Waals surface area contributed by atoms with E-state index < -0.39 is 0 Å². The minimum absolute atomic E-state index is 0. The summed E-state index contributed by atoms with van der Waals surface area (Å²) in [5.74, 6) is 0. The van der Waals surface area contributed by atoms with Crippen LogP contribution in [-0.4, -0.2) is 58.9 Å². The second kappa shape index (κ2) is 20.5. The molecule has 41 heavy (non-hydrogen) atoms. The molecule has 2 fully saturated rings. The summed E-state index contributed by atoms with van der Waals surface area (Å²) in [7, 11) is 0. The van der Waals surface area contributed by atoms with Gasteiger partial charge in [0, 0.05) is 28.7 Å². The van der Waals surface area contributed by atoms with Crippen LogP contribution in [0.5, 0.6) is 0 Å². The quantitative estimate of drug-likeness (QED) is 0.0555. The Bertz CT molecular complexity index is 1560. The molecule has 206 valence electrons. The molecule has 14 heteroatoms. The Morgan fingerprint density at radius 3 is 1.88 bits per heavy atom. The van der Waals surface area contributed by atoms with Crippen LogP contribution < -0.4 is 119 Å². The first-order valence-corrected chi connectivity index (χ1v) is 12.9. The Balaban J connectivity index is 0.000000597. The Morgan fingerprint density at radius 1 is 0.878 bits per heavy atom. The zero-order chi connectivity index (χ0) is 28.2. The van der Waals surface area contributed by atoms with Crippen molar-refractivity contribution in [3.8, 4) is 0 Å². The third-order valence-corrected chi connectivity index (χ3v) is 6.41. The summed E-state index contributed by atoms with van der Waals surface area (Å²) in [5, 5.41) is 9.57. The van der Waals surface area contributed by atoms with E-state index >= 15 is 0 Å². The smallest absolute Gasteiger partial charge is 1.00 e. The molecule has 2 aromatic heterocycles. The maximum Gasteiger partial charge on any atom is 1.00 e. The normalized spacial score (nSPS) is 13.4. The number of nitrogens with one attached hydrogen (secondary N) is 1. The molecule has 0 amide bonds. The van der Waals surface area contributed by atoms with Gasteiger partial charge in [0.05, 0.1) is 53.0 Å². The van der Waals surface area contributed by atoms with Gasteiger partial charge in [0.15, 0.2) is 23.4 Å². The van der Waals surface area contributed by atoms with E-state index in [0.29, 0.717) is 36.6 Å². The maximum atomic E-state index is 12.0. The van der Waals surface area contributed by atoms with Crippen molar-refractivity contribution >= 4 is 63.4 Å². The number of ether oxygens (including phenoxy) is 2. The largest absolute Gasteiger partial charge is 1.00 e. The van der Waals surface area contributed by atoms with E-state index in [1.54, 1.807) is 36.5 Å². The summed E-state index contributed by atoms with van der Waals surface area (Å²) in [6.07, 6.45) is 4.23. The van der Waals surface area contributed by atoms with Crippen LogP contribution in [0.2, 0.25) is 0 Å². The van der Waals surface area contributed by atoms with E-state index in [9.17, 15) is 19.2 Å². The van der Waals surface area contributed by atoms with Crippen molar-refractivity contribution in [2.24, 2.45) is 0 Å². The molecule has 0 saturated carbocycles.